The molecule has 250 valence electrons. The van der Waals surface area contributed by atoms with Crippen molar-refractivity contribution in [3.63, 3.8) is 0 Å². The molecule has 9 nitrogen and oxygen atoms in total. The van der Waals surface area contributed by atoms with Crippen molar-refractivity contribution in [3.8, 4) is 12.1 Å². The summed E-state index contributed by atoms with van der Waals surface area (Å²) in [6, 6.07) is 17.6. The second kappa shape index (κ2) is 14.1. The lowest BCUT2D eigenvalue weighted by Crippen LogP contribution is -2.39. The predicted octanol–water partition coefficient (Wildman–Crippen LogP) is 7.25. The number of benzene rings is 2. The van der Waals surface area contributed by atoms with Gasteiger partial charge < -0.3 is 15.2 Å². The largest absolute Gasteiger partial charge is 0.393 e. The molecule has 1 amide bonds. The molecule has 0 radical (unpaired) electrons. The Morgan fingerprint density at radius 3 is 2.61 bits per heavy atom. The summed E-state index contributed by atoms with van der Waals surface area (Å²) in [5.41, 5.74) is 5.54. The Kier molecular flexibility index (Phi) is 9.67. The number of hydrogen-bond acceptors (Lipinski definition) is 8. The number of carbonyl (C=O) groups is 1. The van der Waals surface area contributed by atoms with Gasteiger partial charge in [-0.3, -0.25) is 9.69 Å². The summed E-state index contributed by atoms with van der Waals surface area (Å²) in [5, 5.41) is 27.3. The molecule has 1 fully saturated rings. The topological polar surface area (TPSA) is 123 Å². The van der Waals surface area contributed by atoms with E-state index in [2.05, 4.69) is 63.3 Å². The standard InChI is InChI=1S/C36H33F3N8OS/c1-3-33(48)45-31-6-4-23(14-25(31)18-40)8-13-47-27(19-41)15-29-22(2)24(5-7-32(29)47)20-46-11-9-26(10-12-46)44-34-30-16-28(17-36(37,38)39)49-35(30)43-21-42-34/h3-7,14-16,21,26H,1,8-13,17,20H2,2H3,(H,45,48)(H,42,43,44). The maximum atomic E-state index is 12.9. The molecular weight excluding hydrogens is 650 g/mol. The zero-order chi connectivity index (χ0) is 34.7. The van der Waals surface area contributed by atoms with Crippen molar-refractivity contribution in [1.29, 1.82) is 10.5 Å². The van der Waals surface area contributed by atoms with Crippen molar-refractivity contribution in [3.05, 3.63) is 94.3 Å². The summed E-state index contributed by atoms with van der Waals surface area (Å²) in [5.74, 6) is 0.189. The average molecular weight is 683 g/mol. The first-order valence-corrected chi connectivity index (χ1v) is 16.6. The Balaban J connectivity index is 1.10. The van der Waals surface area contributed by atoms with E-state index in [9.17, 15) is 28.5 Å². The third-order valence-electron chi connectivity index (χ3n) is 8.93. The highest BCUT2D eigenvalue weighted by molar-refractivity contribution is 7.18. The number of carbonyl (C=O) groups excluding carboxylic acids is 1. The fourth-order valence-corrected chi connectivity index (χ4v) is 7.40. The first-order chi connectivity index (χ1) is 23.5. The molecule has 3 aromatic heterocycles. The Bertz CT molecular complexity index is 2130. The molecule has 5 aromatic rings. The van der Waals surface area contributed by atoms with Gasteiger partial charge in [0.15, 0.2) is 0 Å². The number of aromatic nitrogens is 3. The fourth-order valence-electron chi connectivity index (χ4n) is 6.37. The number of anilines is 2. The molecule has 1 aliphatic heterocycles. The van der Waals surface area contributed by atoms with Crippen LogP contribution in [0.2, 0.25) is 0 Å². The van der Waals surface area contributed by atoms with Gasteiger partial charge in [-0.1, -0.05) is 18.7 Å². The van der Waals surface area contributed by atoms with Crippen LogP contribution in [0.4, 0.5) is 24.7 Å². The van der Waals surface area contributed by atoms with E-state index in [4.69, 9.17) is 0 Å². The van der Waals surface area contributed by atoms with Gasteiger partial charge in [0, 0.05) is 48.0 Å². The highest BCUT2D eigenvalue weighted by atomic mass is 32.1. The fraction of sp³-hybridized carbons (Fsp3) is 0.306. The second-order valence-electron chi connectivity index (χ2n) is 12.2. The molecule has 0 atom stereocenters. The molecule has 4 heterocycles. The Morgan fingerprint density at radius 2 is 1.90 bits per heavy atom. The maximum Gasteiger partial charge on any atom is 0.393 e. The quantitative estimate of drug-likeness (QED) is 0.149. The summed E-state index contributed by atoms with van der Waals surface area (Å²) in [6.07, 6.45) is -0.392. The summed E-state index contributed by atoms with van der Waals surface area (Å²) >= 11 is 1.05. The van der Waals surface area contributed by atoms with E-state index in [1.165, 1.54) is 11.9 Å². The summed E-state index contributed by atoms with van der Waals surface area (Å²) in [6.45, 7) is 8.52. The van der Waals surface area contributed by atoms with Crippen LogP contribution < -0.4 is 10.6 Å². The number of likely N-dealkylation sites (tertiary alicyclic amines) is 1. The summed E-state index contributed by atoms with van der Waals surface area (Å²) in [7, 11) is 0. The van der Waals surface area contributed by atoms with Crippen molar-refractivity contribution < 1.29 is 18.0 Å². The molecule has 13 heteroatoms. The highest BCUT2D eigenvalue weighted by Crippen LogP contribution is 2.33. The number of nitrogens with zero attached hydrogens (tertiary/aromatic N) is 6. The smallest absolute Gasteiger partial charge is 0.367 e. The summed E-state index contributed by atoms with van der Waals surface area (Å²) in [4.78, 5) is 23.4. The maximum absolute atomic E-state index is 12.9. The number of aryl methyl sites for hydroxylation is 3. The molecule has 1 aliphatic rings. The molecule has 0 bridgehead atoms. The van der Waals surface area contributed by atoms with E-state index in [-0.39, 0.29) is 16.8 Å². The normalized spacial score (nSPS) is 14.1. The van der Waals surface area contributed by atoms with Gasteiger partial charge in [0.1, 0.15) is 34.8 Å². The van der Waals surface area contributed by atoms with E-state index in [1.54, 1.807) is 18.2 Å². The first kappa shape index (κ1) is 33.7. The number of nitriles is 2. The van der Waals surface area contributed by atoms with Crippen LogP contribution in [0.1, 0.15) is 45.7 Å². The number of nitrogens with one attached hydrogen (secondary N) is 2. The third-order valence-corrected chi connectivity index (χ3v) is 9.97. The molecule has 1 saturated heterocycles. The van der Waals surface area contributed by atoms with Crippen LogP contribution in [0.25, 0.3) is 21.1 Å². The highest BCUT2D eigenvalue weighted by Gasteiger charge is 2.29. The molecular formula is C36H33F3N8OS. The van der Waals surface area contributed by atoms with Crippen LogP contribution in [0.3, 0.4) is 0 Å². The molecule has 0 spiro atoms. The molecule has 49 heavy (non-hydrogen) atoms. The molecule has 2 aromatic carbocycles. The Hall–Kier alpha value is -5.24. The SMILES string of the molecule is C=CC(=O)Nc1ccc(CCn2c(C#N)cc3c(C)c(CN4CCC(Nc5ncnc6sc(CC(F)(F)F)cc56)CC4)ccc32)cc1C#N. The lowest BCUT2D eigenvalue weighted by atomic mass is 10.0. The van der Waals surface area contributed by atoms with Gasteiger partial charge in [0.2, 0.25) is 5.91 Å². The molecule has 6 rings (SSSR count). The molecule has 0 saturated carbocycles. The monoisotopic (exact) mass is 682 g/mol. The van der Waals surface area contributed by atoms with Crippen molar-refractivity contribution in [2.45, 2.75) is 57.9 Å². The lowest BCUT2D eigenvalue weighted by Gasteiger charge is -2.33. The van der Waals surface area contributed by atoms with Gasteiger partial charge in [-0.25, -0.2) is 9.97 Å². The van der Waals surface area contributed by atoms with Crippen molar-refractivity contribution >= 4 is 49.9 Å². The predicted molar refractivity (Wildman–Crippen MR) is 184 cm³/mol. The van der Waals surface area contributed by atoms with E-state index >= 15 is 0 Å². The molecule has 0 unspecified atom stereocenters. The van der Waals surface area contributed by atoms with Crippen LogP contribution in [0, 0.1) is 29.6 Å². The average Bonchev–Trinajstić information content (AvgIpc) is 3.66. The Labute approximate surface area is 285 Å². The van der Waals surface area contributed by atoms with Crippen molar-refractivity contribution in [2.24, 2.45) is 0 Å². The summed E-state index contributed by atoms with van der Waals surface area (Å²) < 4.78 is 40.8. The van der Waals surface area contributed by atoms with E-state index in [0.717, 1.165) is 71.9 Å². The number of amides is 1. The second-order valence-corrected chi connectivity index (χ2v) is 13.3. The number of rotatable bonds is 10. The van der Waals surface area contributed by atoms with Gasteiger partial charge >= 0.3 is 6.18 Å². The van der Waals surface area contributed by atoms with Crippen LogP contribution >= 0.6 is 11.3 Å². The van der Waals surface area contributed by atoms with E-state index in [1.807, 2.05) is 16.7 Å². The number of thiophene rings is 1. The number of halogens is 3. The molecule has 0 aliphatic carbocycles. The van der Waals surface area contributed by atoms with Crippen molar-refractivity contribution in [2.75, 3.05) is 23.7 Å². The minimum Gasteiger partial charge on any atom is -0.367 e. The lowest BCUT2D eigenvalue weighted by molar-refractivity contribution is -0.126. The third kappa shape index (κ3) is 7.59. The first-order valence-electron chi connectivity index (χ1n) is 15.8. The van der Waals surface area contributed by atoms with E-state index in [0.29, 0.717) is 45.9 Å². The Morgan fingerprint density at radius 1 is 1.10 bits per heavy atom. The van der Waals surface area contributed by atoms with Gasteiger partial charge in [0.05, 0.1) is 23.1 Å². The minimum atomic E-state index is -4.27. The van der Waals surface area contributed by atoms with Gasteiger partial charge in [-0.15, -0.1) is 11.3 Å². The zero-order valence-electron chi connectivity index (χ0n) is 26.8. The van der Waals surface area contributed by atoms with Crippen LogP contribution in [-0.4, -0.2) is 50.6 Å². The molecule has 2 N–H and O–H groups in total. The minimum absolute atomic E-state index is 0.141. The van der Waals surface area contributed by atoms with Gasteiger partial charge in [-0.05, 0) is 79.3 Å². The van der Waals surface area contributed by atoms with Crippen LogP contribution in [-0.2, 0) is 30.7 Å². The van der Waals surface area contributed by atoms with E-state index < -0.39 is 12.6 Å². The number of hydrogen-bond donors (Lipinski definition) is 2. The number of alkyl halides is 3. The van der Waals surface area contributed by atoms with Gasteiger partial charge in [-0.2, -0.15) is 23.7 Å². The van der Waals surface area contributed by atoms with Crippen LogP contribution in [0.15, 0.2) is 61.4 Å². The zero-order valence-corrected chi connectivity index (χ0v) is 27.6. The van der Waals surface area contributed by atoms with Gasteiger partial charge in [0.25, 0.3) is 0 Å². The number of fused-ring (bicyclic) bond motifs is 2. The number of piperidine rings is 1. The van der Waals surface area contributed by atoms with Crippen molar-refractivity contribution in [1.82, 2.24) is 19.4 Å². The van der Waals surface area contributed by atoms with Crippen LogP contribution in [0.5, 0.6) is 0 Å².